The van der Waals surface area contributed by atoms with Crippen LogP contribution in [0.3, 0.4) is 0 Å². The Bertz CT molecular complexity index is 422. The first-order valence-electron chi connectivity index (χ1n) is 7.27. The van der Waals surface area contributed by atoms with E-state index in [1.54, 1.807) is 0 Å². The van der Waals surface area contributed by atoms with Gasteiger partial charge in [-0.05, 0) is 46.0 Å². The summed E-state index contributed by atoms with van der Waals surface area (Å²) in [6.45, 7) is 6.85. The SMILES string of the molecule is COC(=O)[C@@](C)(O)[C@](O)(C[C@H](C)CCC=C(C)C)C(=O)OC. The van der Waals surface area contributed by atoms with Crippen LogP contribution in [-0.2, 0) is 19.1 Å². The largest absolute Gasteiger partial charge is 0.467 e. The monoisotopic (exact) mass is 316 g/mol. The molecular weight excluding hydrogens is 288 g/mol. The maximum Gasteiger partial charge on any atom is 0.341 e. The van der Waals surface area contributed by atoms with Crippen LogP contribution >= 0.6 is 0 Å². The van der Waals surface area contributed by atoms with Crippen LogP contribution in [0.5, 0.6) is 0 Å². The van der Waals surface area contributed by atoms with Crippen LogP contribution < -0.4 is 0 Å². The fraction of sp³-hybridized carbons (Fsp3) is 0.750. The average Bonchev–Trinajstić information content (AvgIpc) is 2.44. The van der Waals surface area contributed by atoms with Crippen molar-refractivity contribution in [3.63, 3.8) is 0 Å². The predicted molar refractivity (Wildman–Crippen MR) is 82.1 cm³/mol. The average molecular weight is 316 g/mol. The summed E-state index contributed by atoms with van der Waals surface area (Å²) in [5, 5.41) is 21.0. The van der Waals surface area contributed by atoms with Crippen molar-refractivity contribution in [2.75, 3.05) is 14.2 Å². The van der Waals surface area contributed by atoms with Crippen molar-refractivity contribution < 1.29 is 29.3 Å². The Morgan fingerprint density at radius 3 is 2.05 bits per heavy atom. The van der Waals surface area contributed by atoms with Crippen LogP contribution in [0.1, 0.15) is 47.0 Å². The molecule has 3 atom stereocenters. The number of esters is 2. The van der Waals surface area contributed by atoms with Gasteiger partial charge in [0.15, 0.2) is 5.60 Å². The van der Waals surface area contributed by atoms with E-state index in [4.69, 9.17) is 0 Å². The fourth-order valence-corrected chi connectivity index (χ4v) is 2.28. The molecule has 0 unspecified atom stereocenters. The van der Waals surface area contributed by atoms with Crippen LogP contribution in [0.4, 0.5) is 0 Å². The maximum absolute atomic E-state index is 12.0. The van der Waals surface area contributed by atoms with E-state index in [2.05, 4.69) is 9.47 Å². The quantitative estimate of drug-likeness (QED) is 0.522. The molecule has 0 aliphatic heterocycles. The summed E-state index contributed by atoms with van der Waals surface area (Å²) in [7, 11) is 2.17. The summed E-state index contributed by atoms with van der Waals surface area (Å²) < 4.78 is 9.06. The van der Waals surface area contributed by atoms with Crippen molar-refractivity contribution in [2.24, 2.45) is 5.92 Å². The highest BCUT2D eigenvalue weighted by Gasteiger charge is 2.58. The van der Waals surface area contributed by atoms with Gasteiger partial charge in [-0.15, -0.1) is 0 Å². The minimum atomic E-state index is -2.39. The molecule has 2 N–H and O–H groups in total. The number of allylic oxidation sites excluding steroid dienone is 2. The van der Waals surface area contributed by atoms with Crippen molar-refractivity contribution >= 4 is 11.9 Å². The fourth-order valence-electron chi connectivity index (χ4n) is 2.28. The highest BCUT2D eigenvalue weighted by molar-refractivity contribution is 5.92. The second-order valence-corrected chi connectivity index (χ2v) is 6.08. The van der Waals surface area contributed by atoms with Gasteiger partial charge < -0.3 is 19.7 Å². The van der Waals surface area contributed by atoms with E-state index in [0.29, 0.717) is 6.42 Å². The van der Waals surface area contributed by atoms with Gasteiger partial charge in [0.1, 0.15) is 0 Å². The minimum Gasteiger partial charge on any atom is -0.467 e. The molecule has 0 saturated heterocycles. The Labute approximate surface area is 132 Å². The number of carbonyl (C=O) groups excluding carboxylic acids is 2. The Morgan fingerprint density at radius 2 is 1.64 bits per heavy atom. The Morgan fingerprint density at radius 1 is 1.14 bits per heavy atom. The van der Waals surface area contributed by atoms with Gasteiger partial charge >= 0.3 is 11.9 Å². The van der Waals surface area contributed by atoms with E-state index in [0.717, 1.165) is 27.6 Å². The van der Waals surface area contributed by atoms with Crippen LogP contribution in [0, 0.1) is 5.92 Å². The summed E-state index contributed by atoms with van der Waals surface area (Å²) in [5.41, 5.74) is -3.57. The zero-order valence-corrected chi connectivity index (χ0v) is 14.3. The molecule has 6 heteroatoms. The van der Waals surface area contributed by atoms with Gasteiger partial charge in [-0.1, -0.05) is 18.6 Å². The summed E-state index contributed by atoms with van der Waals surface area (Å²) in [5.74, 6) is -2.26. The molecule has 0 bridgehead atoms. The van der Waals surface area contributed by atoms with Crippen molar-refractivity contribution in [2.45, 2.75) is 58.2 Å². The zero-order valence-electron chi connectivity index (χ0n) is 14.3. The van der Waals surface area contributed by atoms with Gasteiger partial charge in [-0.3, -0.25) is 0 Å². The maximum atomic E-state index is 12.0. The van der Waals surface area contributed by atoms with E-state index < -0.39 is 23.1 Å². The van der Waals surface area contributed by atoms with Gasteiger partial charge in [0, 0.05) is 0 Å². The second kappa shape index (κ2) is 8.29. The lowest BCUT2D eigenvalue weighted by Crippen LogP contribution is -2.63. The topological polar surface area (TPSA) is 93.1 Å². The lowest BCUT2D eigenvalue weighted by molar-refractivity contribution is -0.210. The van der Waals surface area contributed by atoms with Crippen LogP contribution in [-0.4, -0.2) is 47.6 Å². The molecule has 128 valence electrons. The molecule has 22 heavy (non-hydrogen) atoms. The van der Waals surface area contributed by atoms with E-state index in [1.165, 1.54) is 5.57 Å². The molecule has 6 nitrogen and oxygen atoms in total. The molecule has 0 aromatic rings. The third-order valence-corrected chi connectivity index (χ3v) is 3.77. The molecule has 0 aliphatic carbocycles. The molecule has 0 amide bonds. The standard InChI is InChI=1S/C16H28O6/c1-11(2)8-7-9-12(3)10-16(20,14(18)22-6)15(4,19)13(17)21-5/h8,12,19-20H,7,9-10H2,1-6H3/t12-,15-,16+/m1/s1. The molecule has 0 aliphatic rings. The van der Waals surface area contributed by atoms with Crippen molar-refractivity contribution in [3.8, 4) is 0 Å². The third-order valence-electron chi connectivity index (χ3n) is 3.77. The van der Waals surface area contributed by atoms with Crippen LogP contribution in [0.15, 0.2) is 11.6 Å². The van der Waals surface area contributed by atoms with Crippen LogP contribution in [0.2, 0.25) is 0 Å². The van der Waals surface area contributed by atoms with E-state index in [9.17, 15) is 19.8 Å². The minimum absolute atomic E-state index is 0.113. The van der Waals surface area contributed by atoms with E-state index in [1.807, 2.05) is 26.8 Å². The molecule has 0 fully saturated rings. The van der Waals surface area contributed by atoms with Crippen molar-refractivity contribution in [1.82, 2.24) is 0 Å². The molecule has 0 heterocycles. The van der Waals surface area contributed by atoms with Gasteiger partial charge in [0.05, 0.1) is 14.2 Å². The van der Waals surface area contributed by atoms with Crippen molar-refractivity contribution in [3.05, 3.63) is 11.6 Å². The van der Waals surface area contributed by atoms with Gasteiger partial charge in [-0.25, -0.2) is 9.59 Å². The molecule has 0 spiro atoms. The first kappa shape index (κ1) is 20.6. The number of aliphatic hydroxyl groups is 2. The second-order valence-electron chi connectivity index (χ2n) is 6.08. The van der Waals surface area contributed by atoms with Gasteiger partial charge in [0.25, 0.3) is 0 Å². The number of rotatable bonds is 8. The number of hydrogen-bond acceptors (Lipinski definition) is 6. The smallest absolute Gasteiger partial charge is 0.341 e. The number of ether oxygens (including phenoxy) is 2. The molecule has 0 rings (SSSR count). The zero-order chi connectivity index (χ0) is 17.6. The first-order valence-corrected chi connectivity index (χ1v) is 7.27. The molecule has 0 radical (unpaired) electrons. The Hall–Kier alpha value is -1.40. The van der Waals surface area contributed by atoms with Crippen molar-refractivity contribution in [1.29, 1.82) is 0 Å². The Balaban J connectivity index is 5.25. The lowest BCUT2D eigenvalue weighted by atomic mass is 9.77. The molecule has 0 saturated carbocycles. The van der Waals surface area contributed by atoms with E-state index in [-0.39, 0.29) is 12.3 Å². The summed E-state index contributed by atoms with van der Waals surface area (Å²) in [6.07, 6.45) is 3.41. The normalized spacial score (nSPS) is 17.6. The lowest BCUT2D eigenvalue weighted by Gasteiger charge is -2.37. The van der Waals surface area contributed by atoms with Gasteiger partial charge in [0.2, 0.25) is 5.60 Å². The highest BCUT2D eigenvalue weighted by Crippen LogP contribution is 2.33. The highest BCUT2D eigenvalue weighted by atomic mass is 16.6. The van der Waals surface area contributed by atoms with Gasteiger partial charge in [-0.2, -0.15) is 0 Å². The summed E-state index contributed by atoms with van der Waals surface area (Å²) in [4.78, 5) is 23.7. The molecule has 0 aromatic carbocycles. The predicted octanol–water partition coefficient (Wildman–Crippen LogP) is 1.59. The summed E-state index contributed by atoms with van der Waals surface area (Å²) in [6, 6.07) is 0. The summed E-state index contributed by atoms with van der Waals surface area (Å²) >= 11 is 0. The number of carbonyl (C=O) groups is 2. The van der Waals surface area contributed by atoms with E-state index >= 15 is 0 Å². The molecular formula is C16H28O6. The molecule has 0 aromatic heterocycles. The number of hydrogen-bond donors (Lipinski definition) is 2. The number of methoxy groups -OCH3 is 2. The third kappa shape index (κ3) is 4.81. The Kier molecular flexibility index (Phi) is 7.76. The first-order chi connectivity index (χ1) is 10.0. The van der Waals surface area contributed by atoms with Crippen LogP contribution in [0.25, 0.3) is 0 Å².